The van der Waals surface area contributed by atoms with Crippen LogP contribution in [0.1, 0.15) is 39.0 Å². The predicted octanol–water partition coefficient (Wildman–Crippen LogP) is 2.68. The minimum atomic E-state index is 0.661. The van der Waals surface area contributed by atoms with Crippen molar-refractivity contribution in [3.63, 3.8) is 0 Å². The fourth-order valence-corrected chi connectivity index (χ4v) is 2.63. The molecule has 1 heterocycles. The summed E-state index contributed by atoms with van der Waals surface area (Å²) in [7, 11) is 1.86. The Bertz CT molecular complexity index is 347. The Balaban J connectivity index is 2.15. The van der Waals surface area contributed by atoms with Gasteiger partial charge in [0.2, 0.25) is 5.95 Å². The Hall–Kier alpha value is -1.32. The first-order valence-electron chi connectivity index (χ1n) is 6.62. The molecule has 1 aliphatic carbocycles. The monoisotopic (exact) mass is 234 g/mol. The summed E-state index contributed by atoms with van der Waals surface area (Å²) in [6, 6.07) is 2.67. The SMILES string of the molecule is CCN(c1ccnc(NC)n1)C1CCCCC1. The zero-order valence-corrected chi connectivity index (χ0v) is 10.8. The topological polar surface area (TPSA) is 41.1 Å². The Labute approximate surface area is 103 Å². The molecule has 0 unspecified atom stereocenters. The lowest BCUT2D eigenvalue weighted by Gasteiger charge is -2.34. The van der Waals surface area contributed by atoms with Crippen LogP contribution >= 0.6 is 0 Å². The normalized spacial score (nSPS) is 16.8. The third kappa shape index (κ3) is 2.87. The molecular weight excluding hydrogens is 212 g/mol. The molecule has 2 rings (SSSR count). The molecular formula is C13H22N4. The van der Waals surface area contributed by atoms with Crippen LogP contribution in [0.3, 0.4) is 0 Å². The molecule has 1 N–H and O–H groups in total. The van der Waals surface area contributed by atoms with Gasteiger partial charge < -0.3 is 10.2 Å². The minimum Gasteiger partial charge on any atom is -0.357 e. The van der Waals surface area contributed by atoms with E-state index in [1.165, 1.54) is 32.1 Å². The van der Waals surface area contributed by atoms with E-state index in [1.807, 2.05) is 19.3 Å². The molecule has 1 fully saturated rings. The number of rotatable bonds is 4. The van der Waals surface area contributed by atoms with Gasteiger partial charge in [-0.15, -0.1) is 0 Å². The molecule has 0 aromatic carbocycles. The summed E-state index contributed by atoms with van der Waals surface area (Å²) >= 11 is 0. The fraction of sp³-hybridized carbons (Fsp3) is 0.692. The molecule has 1 saturated carbocycles. The molecule has 4 heteroatoms. The number of hydrogen-bond acceptors (Lipinski definition) is 4. The second kappa shape index (κ2) is 5.84. The zero-order chi connectivity index (χ0) is 12.1. The molecule has 0 spiro atoms. The van der Waals surface area contributed by atoms with Crippen LogP contribution in [0, 0.1) is 0 Å². The van der Waals surface area contributed by atoms with Crippen molar-refractivity contribution >= 4 is 11.8 Å². The molecule has 0 amide bonds. The highest BCUT2D eigenvalue weighted by Gasteiger charge is 2.21. The number of aromatic nitrogens is 2. The Morgan fingerprint density at radius 3 is 2.76 bits per heavy atom. The molecule has 1 aliphatic rings. The summed E-state index contributed by atoms with van der Waals surface area (Å²) in [6.07, 6.45) is 8.52. The summed E-state index contributed by atoms with van der Waals surface area (Å²) < 4.78 is 0. The van der Waals surface area contributed by atoms with Gasteiger partial charge >= 0.3 is 0 Å². The van der Waals surface area contributed by atoms with E-state index in [0.717, 1.165) is 12.4 Å². The van der Waals surface area contributed by atoms with Gasteiger partial charge in [-0.1, -0.05) is 19.3 Å². The summed E-state index contributed by atoms with van der Waals surface area (Å²) in [5.74, 6) is 1.76. The van der Waals surface area contributed by atoms with Gasteiger partial charge in [0.1, 0.15) is 5.82 Å². The van der Waals surface area contributed by atoms with Gasteiger partial charge in [0.25, 0.3) is 0 Å². The third-order valence-corrected chi connectivity index (χ3v) is 3.51. The number of nitrogens with one attached hydrogen (secondary N) is 1. The Morgan fingerprint density at radius 2 is 2.12 bits per heavy atom. The molecule has 1 aromatic heterocycles. The summed E-state index contributed by atoms with van der Waals surface area (Å²) in [5, 5.41) is 3.00. The van der Waals surface area contributed by atoms with Crippen LogP contribution in [0.25, 0.3) is 0 Å². The van der Waals surface area contributed by atoms with Crippen molar-refractivity contribution in [3.05, 3.63) is 12.3 Å². The van der Waals surface area contributed by atoms with Crippen molar-refractivity contribution in [3.8, 4) is 0 Å². The highest BCUT2D eigenvalue weighted by Crippen LogP contribution is 2.26. The highest BCUT2D eigenvalue weighted by molar-refractivity contribution is 5.43. The van der Waals surface area contributed by atoms with Crippen molar-refractivity contribution in [2.24, 2.45) is 0 Å². The lowest BCUT2D eigenvalue weighted by atomic mass is 9.94. The molecule has 94 valence electrons. The maximum absolute atomic E-state index is 4.54. The van der Waals surface area contributed by atoms with Crippen LogP contribution in [0.4, 0.5) is 11.8 Å². The van der Waals surface area contributed by atoms with E-state index >= 15 is 0 Å². The highest BCUT2D eigenvalue weighted by atomic mass is 15.2. The van der Waals surface area contributed by atoms with Crippen LogP contribution < -0.4 is 10.2 Å². The first-order chi connectivity index (χ1) is 8.35. The van der Waals surface area contributed by atoms with E-state index in [2.05, 4.69) is 27.1 Å². The average molecular weight is 234 g/mol. The lowest BCUT2D eigenvalue weighted by Crippen LogP contribution is -2.37. The largest absolute Gasteiger partial charge is 0.357 e. The quantitative estimate of drug-likeness (QED) is 0.869. The third-order valence-electron chi connectivity index (χ3n) is 3.51. The van der Waals surface area contributed by atoms with Crippen LogP contribution in [-0.2, 0) is 0 Å². The molecule has 4 nitrogen and oxygen atoms in total. The van der Waals surface area contributed by atoms with Gasteiger partial charge in [-0.3, -0.25) is 0 Å². The van der Waals surface area contributed by atoms with Crippen molar-refractivity contribution in [2.45, 2.75) is 45.1 Å². The summed E-state index contributed by atoms with van der Waals surface area (Å²) in [6.45, 7) is 3.22. The van der Waals surface area contributed by atoms with Crippen LogP contribution in [-0.4, -0.2) is 29.6 Å². The second-order valence-electron chi connectivity index (χ2n) is 4.57. The van der Waals surface area contributed by atoms with Gasteiger partial charge in [0, 0.05) is 25.8 Å². The van der Waals surface area contributed by atoms with E-state index in [0.29, 0.717) is 12.0 Å². The van der Waals surface area contributed by atoms with E-state index in [9.17, 15) is 0 Å². The molecule has 0 saturated heterocycles. The molecule has 0 aliphatic heterocycles. The minimum absolute atomic E-state index is 0.661. The maximum Gasteiger partial charge on any atom is 0.224 e. The lowest BCUT2D eigenvalue weighted by molar-refractivity contribution is 0.416. The van der Waals surface area contributed by atoms with E-state index in [-0.39, 0.29) is 0 Å². The molecule has 0 bridgehead atoms. The standard InChI is InChI=1S/C13H22N4/c1-3-17(11-7-5-4-6-8-11)12-9-10-15-13(14-2)16-12/h9-11H,3-8H2,1-2H3,(H,14,15,16). The van der Waals surface area contributed by atoms with Crippen LogP contribution in [0.15, 0.2) is 12.3 Å². The first-order valence-corrected chi connectivity index (χ1v) is 6.62. The van der Waals surface area contributed by atoms with Crippen LogP contribution in [0.2, 0.25) is 0 Å². The molecule has 17 heavy (non-hydrogen) atoms. The smallest absolute Gasteiger partial charge is 0.224 e. The average Bonchev–Trinajstić information content (AvgIpc) is 2.41. The fourth-order valence-electron chi connectivity index (χ4n) is 2.63. The molecule has 0 atom stereocenters. The van der Waals surface area contributed by atoms with Gasteiger partial charge in [0.05, 0.1) is 0 Å². The summed E-state index contributed by atoms with van der Waals surface area (Å²) in [4.78, 5) is 11.1. The Kier molecular flexibility index (Phi) is 4.18. The van der Waals surface area contributed by atoms with Crippen molar-refractivity contribution in [1.29, 1.82) is 0 Å². The van der Waals surface area contributed by atoms with Gasteiger partial charge in [-0.25, -0.2) is 4.98 Å². The van der Waals surface area contributed by atoms with Crippen molar-refractivity contribution in [1.82, 2.24) is 9.97 Å². The number of hydrogen-bond donors (Lipinski definition) is 1. The van der Waals surface area contributed by atoms with Crippen molar-refractivity contribution < 1.29 is 0 Å². The number of nitrogens with zero attached hydrogens (tertiary/aromatic N) is 3. The summed E-state index contributed by atoms with van der Waals surface area (Å²) in [5.41, 5.74) is 0. The first kappa shape index (κ1) is 12.1. The van der Waals surface area contributed by atoms with Crippen LogP contribution in [0.5, 0.6) is 0 Å². The van der Waals surface area contributed by atoms with Crippen molar-refractivity contribution in [2.75, 3.05) is 23.8 Å². The predicted molar refractivity (Wildman–Crippen MR) is 71.5 cm³/mol. The Morgan fingerprint density at radius 1 is 1.35 bits per heavy atom. The van der Waals surface area contributed by atoms with Gasteiger partial charge in [0.15, 0.2) is 0 Å². The van der Waals surface area contributed by atoms with E-state index in [4.69, 9.17) is 0 Å². The van der Waals surface area contributed by atoms with E-state index < -0.39 is 0 Å². The van der Waals surface area contributed by atoms with E-state index in [1.54, 1.807) is 0 Å². The maximum atomic E-state index is 4.54. The second-order valence-corrected chi connectivity index (χ2v) is 4.57. The molecule has 0 radical (unpaired) electrons. The zero-order valence-electron chi connectivity index (χ0n) is 10.8. The number of anilines is 2. The van der Waals surface area contributed by atoms with Gasteiger partial charge in [-0.05, 0) is 25.8 Å². The van der Waals surface area contributed by atoms with Gasteiger partial charge in [-0.2, -0.15) is 4.98 Å². The molecule has 1 aromatic rings.